The van der Waals surface area contributed by atoms with Gasteiger partial charge in [0.05, 0.1) is 12.4 Å². The Morgan fingerprint density at radius 3 is 2.78 bits per heavy atom. The zero-order valence-electron chi connectivity index (χ0n) is 9.97. The molecule has 0 unspecified atom stereocenters. The third kappa shape index (κ3) is 2.76. The Morgan fingerprint density at radius 2 is 2.11 bits per heavy atom. The second kappa shape index (κ2) is 5.30. The van der Waals surface area contributed by atoms with Crippen molar-refractivity contribution in [2.75, 3.05) is 26.7 Å². The number of rotatable bonds is 1. The third-order valence-corrected chi connectivity index (χ3v) is 3.00. The van der Waals surface area contributed by atoms with Gasteiger partial charge in [0, 0.05) is 20.1 Å². The van der Waals surface area contributed by atoms with Crippen molar-refractivity contribution < 1.29 is 9.59 Å². The van der Waals surface area contributed by atoms with Gasteiger partial charge in [0.15, 0.2) is 0 Å². The number of hydrogen-bond donors (Lipinski definition) is 0. The second-order valence-corrected chi connectivity index (χ2v) is 4.51. The third-order valence-electron chi connectivity index (χ3n) is 2.80. The molecule has 7 heteroatoms. The topological polar surface area (TPSA) is 66.4 Å². The van der Waals surface area contributed by atoms with Crippen LogP contribution in [0.3, 0.4) is 0 Å². The molecule has 0 radical (unpaired) electrons. The lowest BCUT2D eigenvalue weighted by molar-refractivity contribution is -0.129. The first-order valence-corrected chi connectivity index (χ1v) is 5.96. The van der Waals surface area contributed by atoms with Crippen molar-refractivity contribution in [1.29, 1.82) is 0 Å². The summed E-state index contributed by atoms with van der Waals surface area (Å²) in [6, 6.07) is 0. The molecule has 1 aromatic rings. The van der Waals surface area contributed by atoms with Crippen LogP contribution in [0.15, 0.2) is 12.4 Å². The monoisotopic (exact) mass is 268 g/mol. The smallest absolute Gasteiger partial charge is 0.274 e. The summed E-state index contributed by atoms with van der Waals surface area (Å²) in [4.78, 5) is 34.7. The molecule has 18 heavy (non-hydrogen) atoms. The molecule has 0 bridgehead atoms. The fourth-order valence-electron chi connectivity index (χ4n) is 1.74. The average Bonchev–Trinajstić information content (AvgIpc) is 2.52. The quantitative estimate of drug-likeness (QED) is 0.741. The van der Waals surface area contributed by atoms with E-state index in [-0.39, 0.29) is 29.2 Å². The van der Waals surface area contributed by atoms with Crippen LogP contribution in [0.2, 0.25) is 5.15 Å². The van der Waals surface area contributed by atoms with E-state index >= 15 is 0 Å². The molecule has 0 saturated carbocycles. The van der Waals surface area contributed by atoms with Gasteiger partial charge in [-0.05, 0) is 6.42 Å². The van der Waals surface area contributed by atoms with Gasteiger partial charge in [0.2, 0.25) is 5.91 Å². The Morgan fingerprint density at radius 1 is 1.33 bits per heavy atom. The highest BCUT2D eigenvalue weighted by Crippen LogP contribution is 2.08. The molecule has 0 aromatic carbocycles. The van der Waals surface area contributed by atoms with Crippen LogP contribution in [0, 0.1) is 0 Å². The van der Waals surface area contributed by atoms with E-state index in [1.807, 2.05) is 0 Å². The van der Waals surface area contributed by atoms with Gasteiger partial charge in [-0.3, -0.25) is 9.59 Å². The van der Waals surface area contributed by atoms with Gasteiger partial charge in [0.1, 0.15) is 17.4 Å². The molecule has 1 aliphatic heterocycles. The van der Waals surface area contributed by atoms with Crippen LogP contribution in [0.25, 0.3) is 0 Å². The van der Waals surface area contributed by atoms with Gasteiger partial charge >= 0.3 is 0 Å². The maximum Gasteiger partial charge on any atom is 0.274 e. The molecule has 96 valence electrons. The van der Waals surface area contributed by atoms with Crippen LogP contribution in [-0.2, 0) is 4.79 Å². The van der Waals surface area contributed by atoms with E-state index < -0.39 is 0 Å². The Hall–Kier alpha value is -1.69. The highest BCUT2D eigenvalue weighted by Gasteiger charge is 2.24. The van der Waals surface area contributed by atoms with Crippen LogP contribution < -0.4 is 0 Å². The molecule has 2 heterocycles. The molecule has 0 spiro atoms. The van der Waals surface area contributed by atoms with Gasteiger partial charge in [-0.2, -0.15) is 0 Å². The lowest BCUT2D eigenvalue weighted by Crippen LogP contribution is -2.38. The molecule has 0 aliphatic carbocycles. The SMILES string of the molecule is CN1CCCN(C(=O)c2cnc(Cl)cn2)CC1=O. The molecule has 6 nitrogen and oxygen atoms in total. The van der Waals surface area contributed by atoms with E-state index in [4.69, 9.17) is 11.6 Å². The molecular formula is C11H13ClN4O2. The molecule has 1 aromatic heterocycles. The lowest BCUT2D eigenvalue weighted by atomic mass is 10.3. The van der Waals surface area contributed by atoms with Crippen molar-refractivity contribution in [3.63, 3.8) is 0 Å². The zero-order valence-corrected chi connectivity index (χ0v) is 10.7. The van der Waals surface area contributed by atoms with E-state index in [9.17, 15) is 9.59 Å². The molecule has 1 saturated heterocycles. The van der Waals surface area contributed by atoms with E-state index in [2.05, 4.69) is 9.97 Å². The summed E-state index contributed by atoms with van der Waals surface area (Å²) < 4.78 is 0. The number of aromatic nitrogens is 2. The number of likely N-dealkylation sites (N-methyl/N-ethyl adjacent to an activating group) is 1. The van der Waals surface area contributed by atoms with Crippen LogP contribution in [0.5, 0.6) is 0 Å². The van der Waals surface area contributed by atoms with Crippen molar-refractivity contribution in [1.82, 2.24) is 19.8 Å². The van der Waals surface area contributed by atoms with Crippen LogP contribution in [-0.4, -0.2) is 58.3 Å². The highest BCUT2D eigenvalue weighted by atomic mass is 35.5. The van der Waals surface area contributed by atoms with E-state index in [1.54, 1.807) is 11.9 Å². The predicted octanol–water partition coefficient (Wildman–Crippen LogP) is 0.434. The summed E-state index contributed by atoms with van der Waals surface area (Å²) in [5, 5.41) is 0.234. The number of nitrogens with zero attached hydrogens (tertiary/aromatic N) is 4. The highest BCUT2D eigenvalue weighted by molar-refractivity contribution is 6.29. The van der Waals surface area contributed by atoms with E-state index in [0.717, 1.165) is 6.42 Å². The van der Waals surface area contributed by atoms with Gasteiger partial charge in [-0.1, -0.05) is 11.6 Å². The standard InChI is InChI=1S/C11H13ClN4O2/c1-15-3-2-4-16(7-10(15)17)11(18)8-5-14-9(12)6-13-8/h5-6H,2-4,7H2,1H3. The Kier molecular flexibility index (Phi) is 3.76. The maximum absolute atomic E-state index is 12.1. The second-order valence-electron chi connectivity index (χ2n) is 4.12. The van der Waals surface area contributed by atoms with E-state index in [0.29, 0.717) is 13.1 Å². The first-order valence-electron chi connectivity index (χ1n) is 5.58. The molecule has 1 aliphatic rings. The van der Waals surface area contributed by atoms with Crippen LogP contribution in [0.4, 0.5) is 0 Å². The average molecular weight is 269 g/mol. The molecule has 0 atom stereocenters. The molecule has 1 fully saturated rings. The van der Waals surface area contributed by atoms with Gasteiger partial charge < -0.3 is 9.80 Å². The lowest BCUT2D eigenvalue weighted by Gasteiger charge is -2.18. The van der Waals surface area contributed by atoms with E-state index in [1.165, 1.54) is 17.3 Å². The normalized spacial score (nSPS) is 16.7. The molecular weight excluding hydrogens is 256 g/mol. The summed E-state index contributed by atoms with van der Waals surface area (Å²) in [6.45, 7) is 1.29. The first kappa shape index (κ1) is 12.8. The van der Waals surface area contributed by atoms with Crippen molar-refractivity contribution in [2.45, 2.75) is 6.42 Å². The van der Waals surface area contributed by atoms with Crippen LogP contribution >= 0.6 is 11.6 Å². The number of carbonyl (C=O) groups is 2. The predicted molar refractivity (Wildman–Crippen MR) is 65.2 cm³/mol. The minimum atomic E-state index is -0.289. The number of carbonyl (C=O) groups excluding carboxylic acids is 2. The first-order chi connectivity index (χ1) is 8.58. The minimum absolute atomic E-state index is 0.0669. The summed E-state index contributed by atoms with van der Waals surface area (Å²) >= 11 is 5.61. The van der Waals surface area contributed by atoms with Crippen molar-refractivity contribution in [2.24, 2.45) is 0 Å². The molecule has 2 rings (SSSR count). The number of amides is 2. The number of halogens is 1. The fraction of sp³-hybridized carbons (Fsp3) is 0.455. The van der Waals surface area contributed by atoms with Gasteiger partial charge in [0.25, 0.3) is 5.91 Å². The van der Waals surface area contributed by atoms with Crippen LogP contribution in [0.1, 0.15) is 16.9 Å². The molecule has 2 amide bonds. The van der Waals surface area contributed by atoms with Crippen molar-refractivity contribution in [3.05, 3.63) is 23.2 Å². The zero-order chi connectivity index (χ0) is 13.1. The molecule has 0 N–H and O–H groups in total. The Balaban J connectivity index is 2.13. The Bertz CT molecular complexity index is 463. The fourth-order valence-corrected chi connectivity index (χ4v) is 1.84. The van der Waals surface area contributed by atoms with Crippen molar-refractivity contribution in [3.8, 4) is 0 Å². The summed E-state index contributed by atoms with van der Waals surface area (Å²) in [7, 11) is 1.73. The Labute approximate surface area is 110 Å². The summed E-state index contributed by atoms with van der Waals surface area (Å²) in [6.07, 6.45) is 3.40. The summed E-state index contributed by atoms with van der Waals surface area (Å²) in [5.41, 5.74) is 0.205. The van der Waals surface area contributed by atoms with Gasteiger partial charge in [-0.15, -0.1) is 0 Å². The largest absolute Gasteiger partial charge is 0.344 e. The van der Waals surface area contributed by atoms with Gasteiger partial charge in [-0.25, -0.2) is 9.97 Å². The minimum Gasteiger partial charge on any atom is -0.344 e. The maximum atomic E-state index is 12.1. The number of hydrogen-bond acceptors (Lipinski definition) is 4. The van der Waals surface area contributed by atoms with Crippen molar-refractivity contribution >= 4 is 23.4 Å². The summed E-state index contributed by atoms with van der Waals surface area (Å²) in [5.74, 6) is -0.356.